The minimum absolute atomic E-state index is 0.0532. The number of pyridine rings is 1. The Bertz CT molecular complexity index is 643. The van der Waals surface area contributed by atoms with Gasteiger partial charge in [0.1, 0.15) is 6.04 Å². The Morgan fingerprint density at radius 1 is 1.36 bits per heavy atom. The van der Waals surface area contributed by atoms with Crippen molar-refractivity contribution in [3.63, 3.8) is 0 Å². The van der Waals surface area contributed by atoms with E-state index in [4.69, 9.17) is 0 Å². The Kier molecular flexibility index (Phi) is 4.48. The molecule has 0 unspecified atom stereocenters. The molecule has 5 nitrogen and oxygen atoms in total. The molecule has 1 fully saturated rings. The van der Waals surface area contributed by atoms with Gasteiger partial charge in [0.25, 0.3) is 0 Å². The molecule has 3 heterocycles. The number of amides is 2. The van der Waals surface area contributed by atoms with Gasteiger partial charge in [-0.1, -0.05) is 6.07 Å². The van der Waals surface area contributed by atoms with Crippen LogP contribution in [-0.4, -0.2) is 27.7 Å². The minimum Gasteiger partial charge on any atom is -0.350 e. The molecule has 0 bridgehead atoms. The van der Waals surface area contributed by atoms with Gasteiger partial charge in [-0.15, -0.1) is 11.3 Å². The fraction of sp³-hybridized carbons (Fsp3) is 0.312. The molecule has 1 atom stereocenters. The lowest BCUT2D eigenvalue weighted by Gasteiger charge is -2.23. The van der Waals surface area contributed by atoms with Crippen LogP contribution in [0.3, 0.4) is 0 Å². The number of carbonyl (C=O) groups excluding carboxylic acids is 2. The first-order chi connectivity index (χ1) is 10.7. The summed E-state index contributed by atoms with van der Waals surface area (Å²) in [6, 6.07) is 7.31. The Balaban J connectivity index is 1.61. The van der Waals surface area contributed by atoms with E-state index in [-0.39, 0.29) is 17.9 Å². The molecule has 1 aliphatic heterocycles. The van der Waals surface area contributed by atoms with Crippen LogP contribution in [0.5, 0.6) is 0 Å². The summed E-state index contributed by atoms with van der Waals surface area (Å²) in [6.45, 7) is 0.975. The maximum Gasteiger partial charge on any atom is 0.243 e. The van der Waals surface area contributed by atoms with Crippen LogP contribution in [0.25, 0.3) is 0 Å². The van der Waals surface area contributed by atoms with Crippen LogP contribution < -0.4 is 5.32 Å². The summed E-state index contributed by atoms with van der Waals surface area (Å²) >= 11 is 1.60. The summed E-state index contributed by atoms with van der Waals surface area (Å²) in [6.07, 6.45) is 4.43. The summed E-state index contributed by atoms with van der Waals surface area (Å²) in [5.41, 5.74) is 0.998. The fourth-order valence-corrected chi connectivity index (χ4v) is 3.29. The van der Waals surface area contributed by atoms with Crippen molar-refractivity contribution in [3.05, 3.63) is 52.5 Å². The zero-order chi connectivity index (χ0) is 15.4. The summed E-state index contributed by atoms with van der Waals surface area (Å²) in [4.78, 5) is 31.2. The number of carbonyl (C=O) groups is 2. The molecular formula is C16H17N3O2S. The summed E-state index contributed by atoms with van der Waals surface area (Å²) in [5, 5.41) is 4.89. The van der Waals surface area contributed by atoms with Gasteiger partial charge in [0.2, 0.25) is 11.8 Å². The highest BCUT2D eigenvalue weighted by atomic mass is 32.1. The second-order valence-corrected chi connectivity index (χ2v) is 6.26. The van der Waals surface area contributed by atoms with E-state index in [9.17, 15) is 9.59 Å². The average Bonchev–Trinajstić information content (AvgIpc) is 3.17. The Labute approximate surface area is 133 Å². The first-order valence-corrected chi connectivity index (χ1v) is 8.10. The molecule has 0 radical (unpaired) electrons. The largest absolute Gasteiger partial charge is 0.350 e. The summed E-state index contributed by atoms with van der Waals surface area (Å²) in [7, 11) is 0. The van der Waals surface area contributed by atoms with E-state index in [0.29, 0.717) is 25.9 Å². The van der Waals surface area contributed by atoms with Crippen molar-refractivity contribution in [1.29, 1.82) is 0 Å². The summed E-state index contributed by atoms with van der Waals surface area (Å²) in [5.74, 6) is -0.0309. The molecule has 1 saturated heterocycles. The van der Waals surface area contributed by atoms with E-state index in [0.717, 1.165) is 10.4 Å². The molecule has 2 amide bonds. The van der Waals surface area contributed by atoms with Gasteiger partial charge < -0.3 is 10.2 Å². The van der Waals surface area contributed by atoms with Gasteiger partial charge in [0.05, 0.1) is 6.54 Å². The number of aromatic nitrogens is 1. The van der Waals surface area contributed by atoms with Crippen molar-refractivity contribution in [2.45, 2.75) is 32.0 Å². The first kappa shape index (κ1) is 14.7. The molecule has 6 heteroatoms. The van der Waals surface area contributed by atoms with Crippen molar-refractivity contribution in [2.24, 2.45) is 0 Å². The van der Waals surface area contributed by atoms with E-state index < -0.39 is 0 Å². The van der Waals surface area contributed by atoms with Crippen molar-refractivity contribution < 1.29 is 9.59 Å². The summed E-state index contributed by atoms with van der Waals surface area (Å²) < 4.78 is 0. The van der Waals surface area contributed by atoms with Gasteiger partial charge >= 0.3 is 0 Å². The predicted molar refractivity (Wildman–Crippen MR) is 84.0 cm³/mol. The maximum atomic E-state index is 12.4. The van der Waals surface area contributed by atoms with E-state index in [1.165, 1.54) is 0 Å². The lowest BCUT2D eigenvalue weighted by Crippen LogP contribution is -2.43. The molecule has 1 N–H and O–H groups in total. The normalized spacial score (nSPS) is 17.7. The first-order valence-electron chi connectivity index (χ1n) is 7.22. The molecule has 0 saturated carbocycles. The SMILES string of the molecule is O=C(NCc1ccncc1)[C@@H]1CCC(=O)N1Cc1cccs1. The molecule has 1 aliphatic rings. The zero-order valence-corrected chi connectivity index (χ0v) is 12.9. The number of hydrogen-bond donors (Lipinski definition) is 1. The van der Waals surface area contributed by atoms with Crippen LogP contribution in [0.1, 0.15) is 23.3 Å². The molecule has 22 heavy (non-hydrogen) atoms. The Morgan fingerprint density at radius 3 is 2.91 bits per heavy atom. The third-order valence-electron chi connectivity index (χ3n) is 3.75. The Hall–Kier alpha value is -2.21. The third kappa shape index (κ3) is 3.33. The monoisotopic (exact) mass is 315 g/mol. The van der Waals surface area contributed by atoms with Crippen molar-refractivity contribution in [2.75, 3.05) is 0 Å². The molecule has 3 rings (SSSR count). The topological polar surface area (TPSA) is 62.3 Å². The number of thiophene rings is 1. The van der Waals surface area contributed by atoms with Gasteiger partial charge in [-0.25, -0.2) is 0 Å². The second-order valence-electron chi connectivity index (χ2n) is 5.23. The lowest BCUT2D eigenvalue weighted by atomic mass is 10.2. The van der Waals surface area contributed by atoms with Gasteiger partial charge in [-0.3, -0.25) is 14.6 Å². The highest BCUT2D eigenvalue weighted by molar-refractivity contribution is 7.09. The van der Waals surface area contributed by atoms with Crippen LogP contribution in [-0.2, 0) is 22.7 Å². The third-order valence-corrected chi connectivity index (χ3v) is 4.61. The number of hydrogen-bond acceptors (Lipinski definition) is 4. The highest BCUT2D eigenvalue weighted by Crippen LogP contribution is 2.23. The van der Waals surface area contributed by atoms with E-state index >= 15 is 0 Å². The van der Waals surface area contributed by atoms with Crippen LogP contribution in [0.2, 0.25) is 0 Å². The average molecular weight is 315 g/mol. The smallest absolute Gasteiger partial charge is 0.243 e. The molecule has 2 aromatic rings. The fourth-order valence-electron chi connectivity index (χ4n) is 2.58. The van der Waals surface area contributed by atoms with Gasteiger partial charge in [-0.05, 0) is 35.6 Å². The number of nitrogens with zero attached hydrogens (tertiary/aromatic N) is 2. The molecule has 114 valence electrons. The molecule has 2 aromatic heterocycles. The van der Waals surface area contributed by atoms with E-state index in [1.54, 1.807) is 28.6 Å². The van der Waals surface area contributed by atoms with Gasteiger partial charge in [-0.2, -0.15) is 0 Å². The molecule has 0 aromatic carbocycles. The predicted octanol–water partition coefficient (Wildman–Crippen LogP) is 1.95. The van der Waals surface area contributed by atoms with Crippen LogP contribution in [0, 0.1) is 0 Å². The maximum absolute atomic E-state index is 12.4. The van der Waals surface area contributed by atoms with Crippen molar-refractivity contribution >= 4 is 23.2 Å². The Morgan fingerprint density at radius 2 is 2.18 bits per heavy atom. The van der Waals surface area contributed by atoms with Crippen molar-refractivity contribution in [3.8, 4) is 0 Å². The molecule has 0 spiro atoms. The van der Waals surface area contributed by atoms with Gasteiger partial charge in [0.15, 0.2) is 0 Å². The van der Waals surface area contributed by atoms with Crippen LogP contribution >= 0.6 is 11.3 Å². The number of likely N-dealkylation sites (tertiary alicyclic amines) is 1. The van der Waals surface area contributed by atoms with E-state index in [2.05, 4.69) is 10.3 Å². The highest BCUT2D eigenvalue weighted by Gasteiger charge is 2.35. The molecular weight excluding hydrogens is 298 g/mol. The zero-order valence-electron chi connectivity index (χ0n) is 12.1. The minimum atomic E-state index is -0.364. The molecule has 0 aliphatic carbocycles. The standard InChI is InChI=1S/C16H17N3O2S/c20-15-4-3-14(19(15)11-13-2-1-9-22-13)16(21)18-10-12-5-7-17-8-6-12/h1-2,5-9,14H,3-4,10-11H2,(H,18,21)/t14-/m0/s1. The van der Waals surface area contributed by atoms with Gasteiger partial charge in [0, 0.05) is 30.2 Å². The lowest BCUT2D eigenvalue weighted by molar-refractivity contribution is -0.135. The number of rotatable bonds is 5. The van der Waals surface area contributed by atoms with E-state index in [1.807, 2.05) is 29.6 Å². The van der Waals surface area contributed by atoms with Crippen LogP contribution in [0.15, 0.2) is 42.0 Å². The quantitative estimate of drug-likeness (QED) is 0.917. The number of nitrogens with one attached hydrogen (secondary N) is 1. The van der Waals surface area contributed by atoms with Crippen molar-refractivity contribution in [1.82, 2.24) is 15.2 Å². The second kappa shape index (κ2) is 6.70. The van der Waals surface area contributed by atoms with Crippen LogP contribution in [0.4, 0.5) is 0 Å².